The van der Waals surface area contributed by atoms with E-state index in [1.54, 1.807) is 11.3 Å². The first-order valence-corrected chi connectivity index (χ1v) is 8.22. The lowest BCUT2D eigenvalue weighted by Crippen LogP contribution is -2.35. The first-order valence-electron chi connectivity index (χ1n) is 7.34. The van der Waals surface area contributed by atoms with E-state index in [1.807, 2.05) is 0 Å². The predicted octanol–water partition coefficient (Wildman–Crippen LogP) is 3.66. The highest BCUT2D eigenvalue weighted by Crippen LogP contribution is 2.28. The highest BCUT2D eigenvalue weighted by atomic mass is 32.1. The van der Waals surface area contributed by atoms with E-state index in [0.717, 1.165) is 23.3 Å². The van der Waals surface area contributed by atoms with Gasteiger partial charge >= 0.3 is 0 Å². The number of nitrogens with zero attached hydrogens (tertiary/aromatic N) is 2. The number of hydrogen-bond acceptors (Lipinski definition) is 4. The van der Waals surface area contributed by atoms with Gasteiger partial charge in [0.2, 0.25) is 0 Å². The Hall–Kier alpha value is -0.610. The molecule has 3 nitrogen and oxygen atoms in total. The molecule has 0 bridgehead atoms. The van der Waals surface area contributed by atoms with Gasteiger partial charge in [0, 0.05) is 31.1 Å². The monoisotopic (exact) mass is 281 g/mol. The molecule has 1 N–H and O–H groups in total. The summed E-state index contributed by atoms with van der Waals surface area (Å²) in [5, 5.41) is 6.83. The summed E-state index contributed by atoms with van der Waals surface area (Å²) in [6, 6.07) is 0. The van der Waals surface area contributed by atoms with Crippen molar-refractivity contribution in [2.45, 2.75) is 58.5 Å². The standard InChI is InChI=1S/C15H27N3S/c1-15(2,3)16-9-13-11-19-14(17-13)18(4)10-12-7-5-6-8-12/h11-12,16H,5-10H2,1-4H3. The van der Waals surface area contributed by atoms with Crippen molar-refractivity contribution < 1.29 is 0 Å². The second-order valence-corrected chi connectivity index (χ2v) is 7.59. The van der Waals surface area contributed by atoms with Gasteiger partial charge in [-0.1, -0.05) is 12.8 Å². The molecule has 1 aliphatic rings. The minimum Gasteiger partial charge on any atom is -0.351 e. The lowest BCUT2D eigenvalue weighted by molar-refractivity contribution is 0.422. The fourth-order valence-electron chi connectivity index (χ4n) is 2.57. The van der Waals surface area contributed by atoms with Crippen molar-refractivity contribution in [2.75, 3.05) is 18.5 Å². The van der Waals surface area contributed by atoms with E-state index in [0.29, 0.717) is 0 Å². The number of anilines is 1. The van der Waals surface area contributed by atoms with Crippen LogP contribution in [0.5, 0.6) is 0 Å². The molecule has 1 fully saturated rings. The van der Waals surface area contributed by atoms with Crippen molar-refractivity contribution >= 4 is 16.5 Å². The summed E-state index contributed by atoms with van der Waals surface area (Å²) < 4.78 is 0. The third-order valence-electron chi connectivity index (χ3n) is 3.67. The van der Waals surface area contributed by atoms with Crippen molar-refractivity contribution in [2.24, 2.45) is 5.92 Å². The van der Waals surface area contributed by atoms with Crippen LogP contribution in [0.15, 0.2) is 5.38 Å². The van der Waals surface area contributed by atoms with Crippen LogP contribution in [-0.4, -0.2) is 24.1 Å². The summed E-state index contributed by atoms with van der Waals surface area (Å²) in [6.07, 6.45) is 5.62. The number of aromatic nitrogens is 1. The average molecular weight is 281 g/mol. The fourth-order valence-corrected chi connectivity index (χ4v) is 3.37. The van der Waals surface area contributed by atoms with Crippen LogP contribution in [0.2, 0.25) is 0 Å². The summed E-state index contributed by atoms with van der Waals surface area (Å²) in [4.78, 5) is 7.07. The quantitative estimate of drug-likeness (QED) is 0.893. The molecule has 1 aromatic heterocycles. The number of hydrogen-bond donors (Lipinski definition) is 1. The smallest absolute Gasteiger partial charge is 0.185 e. The zero-order valence-corrected chi connectivity index (χ0v) is 13.5. The van der Waals surface area contributed by atoms with Gasteiger partial charge in [-0.3, -0.25) is 0 Å². The Morgan fingerprint density at radius 1 is 1.37 bits per heavy atom. The van der Waals surface area contributed by atoms with Gasteiger partial charge in [-0.15, -0.1) is 11.3 Å². The van der Waals surface area contributed by atoms with Crippen LogP contribution in [-0.2, 0) is 6.54 Å². The molecule has 0 unspecified atom stereocenters. The zero-order valence-electron chi connectivity index (χ0n) is 12.7. The van der Waals surface area contributed by atoms with Crippen molar-refractivity contribution in [1.82, 2.24) is 10.3 Å². The van der Waals surface area contributed by atoms with Gasteiger partial charge in [0.05, 0.1) is 5.69 Å². The molecule has 108 valence electrons. The summed E-state index contributed by atoms with van der Waals surface area (Å²) in [7, 11) is 2.18. The Kier molecular flexibility index (Phi) is 4.85. The van der Waals surface area contributed by atoms with E-state index in [1.165, 1.54) is 32.2 Å². The normalized spacial score (nSPS) is 17.1. The first-order chi connectivity index (χ1) is 8.94. The maximum Gasteiger partial charge on any atom is 0.185 e. The van der Waals surface area contributed by atoms with E-state index >= 15 is 0 Å². The molecule has 0 aliphatic heterocycles. The Bertz CT molecular complexity index is 388. The van der Waals surface area contributed by atoms with Crippen LogP contribution < -0.4 is 10.2 Å². The second kappa shape index (κ2) is 6.23. The van der Waals surface area contributed by atoms with E-state index in [-0.39, 0.29) is 5.54 Å². The summed E-state index contributed by atoms with van der Waals surface area (Å²) in [5.41, 5.74) is 1.31. The molecule has 4 heteroatoms. The maximum atomic E-state index is 4.74. The van der Waals surface area contributed by atoms with Gasteiger partial charge in [0.1, 0.15) is 0 Å². The minimum atomic E-state index is 0.152. The van der Waals surface area contributed by atoms with Crippen molar-refractivity contribution in [1.29, 1.82) is 0 Å². The second-order valence-electron chi connectivity index (χ2n) is 6.76. The van der Waals surface area contributed by atoms with Gasteiger partial charge in [-0.2, -0.15) is 0 Å². The number of rotatable bonds is 5. The van der Waals surface area contributed by atoms with Crippen molar-refractivity contribution in [3.8, 4) is 0 Å². The Balaban J connectivity index is 1.85. The Labute approximate surface area is 121 Å². The van der Waals surface area contributed by atoms with Gasteiger partial charge < -0.3 is 10.2 Å². The molecule has 0 spiro atoms. The number of nitrogens with one attached hydrogen (secondary N) is 1. The molecule has 2 rings (SSSR count). The molecule has 19 heavy (non-hydrogen) atoms. The highest BCUT2D eigenvalue weighted by Gasteiger charge is 2.18. The third kappa shape index (κ3) is 4.77. The highest BCUT2D eigenvalue weighted by molar-refractivity contribution is 7.13. The number of thiazole rings is 1. The van der Waals surface area contributed by atoms with Crippen LogP contribution in [0.4, 0.5) is 5.13 Å². The lowest BCUT2D eigenvalue weighted by Gasteiger charge is -2.20. The average Bonchev–Trinajstić information content (AvgIpc) is 2.95. The SMILES string of the molecule is CN(CC1CCCC1)c1nc(CNC(C)(C)C)cs1. The van der Waals surface area contributed by atoms with Gasteiger partial charge in [-0.05, 0) is 39.5 Å². The molecule has 0 atom stereocenters. The molecule has 1 saturated carbocycles. The van der Waals surface area contributed by atoms with E-state index in [4.69, 9.17) is 4.98 Å². The lowest BCUT2D eigenvalue weighted by atomic mass is 10.1. The molecule has 0 aromatic carbocycles. The van der Waals surface area contributed by atoms with Crippen molar-refractivity contribution in [3.63, 3.8) is 0 Å². The van der Waals surface area contributed by atoms with E-state index in [9.17, 15) is 0 Å². The molecule has 0 radical (unpaired) electrons. The van der Waals surface area contributed by atoms with Crippen LogP contribution in [0.1, 0.15) is 52.1 Å². The molecule has 1 heterocycles. The van der Waals surface area contributed by atoms with E-state index in [2.05, 4.69) is 43.4 Å². The van der Waals surface area contributed by atoms with Crippen molar-refractivity contribution in [3.05, 3.63) is 11.1 Å². The molecular formula is C15H27N3S. The molecule has 0 saturated heterocycles. The van der Waals surface area contributed by atoms with Crippen LogP contribution in [0.25, 0.3) is 0 Å². The van der Waals surface area contributed by atoms with Crippen LogP contribution in [0, 0.1) is 5.92 Å². The van der Waals surface area contributed by atoms with Gasteiger partial charge in [0.25, 0.3) is 0 Å². The van der Waals surface area contributed by atoms with Crippen LogP contribution >= 0.6 is 11.3 Å². The summed E-state index contributed by atoms with van der Waals surface area (Å²) in [5.74, 6) is 0.880. The molecule has 1 aromatic rings. The summed E-state index contributed by atoms with van der Waals surface area (Å²) >= 11 is 1.77. The zero-order chi connectivity index (χ0) is 13.9. The Morgan fingerprint density at radius 3 is 2.68 bits per heavy atom. The predicted molar refractivity (Wildman–Crippen MR) is 83.9 cm³/mol. The van der Waals surface area contributed by atoms with Gasteiger partial charge in [0.15, 0.2) is 5.13 Å². The van der Waals surface area contributed by atoms with Gasteiger partial charge in [-0.25, -0.2) is 4.98 Å². The summed E-state index contributed by atoms with van der Waals surface area (Å²) in [6.45, 7) is 8.59. The van der Waals surface area contributed by atoms with Crippen LogP contribution in [0.3, 0.4) is 0 Å². The fraction of sp³-hybridized carbons (Fsp3) is 0.800. The topological polar surface area (TPSA) is 28.2 Å². The maximum absolute atomic E-state index is 4.74. The van der Waals surface area contributed by atoms with E-state index < -0.39 is 0 Å². The largest absolute Gasteiger partial charge is 0.351 e. The molecule has 0 amide bonds. The molecule has 1 aliphatic carbocycles. The third-order valence-corrected chi connectivity index (χ3v) is 4.68. The Morgan fingerprint density at radius 2 is 2.05 bits per heavy atom. The molecular weight excluding hydrogens is 254 g/mol. The minimum absolute atomic E-state index is 0.152. The first kappa shape index (κ1) is 14.8.